The molecule has 0 aromatic rings. The van der Waals surface area contributed by atoms with Crippen LogP contribution < -0.4 is 5.32 Å². The van der Waals surface area contributed by atoms with E-state index in [0.29, 0.717) is 18.1 Å². The van der Waals surface area contributed by atoms with E-state index in [0.717, 1.165) is 51.7 Å². The largest absolute Gasteiger partial charge is 0.444 e. The molecule has 0 bridgehead atoms. The molecular weight excluding hydrogens is 280 g/mol. The second-order valence-corrected chi connectivity index (χ2v) is 7.65. The van der Waals surface area contributed by atoms with E-state index < -0.39 is 5.60 Å². The zero-order valence-corrected chi connectivity index (χ0v) is 14.6. The lowest BCUT2D eigenvalue weighted by molar-refractivity contribution is 0.0172. The van der Waals surface area contributed by atoms with Gasteiger partial charge in [0, 0.05) is 38.4 Å². The van der Waals surface area contributed by atoms with Crippen LogP contribution >= 0.6 is 0 Å². The van der Waals surface area contributed by atoms with Gasteiger partial charge >= 0.3 is 6.09 Å². The molecule has 2 fully saturated rings. The average molecular weight is 312 g/mol. The molecule has 5 nitrogen and oxygen atoms in total. The summed E-state index contributed by atoms with van der Waals surface area (Å²) in [7, 11) is 1.87. The molecular formula is C17H32N2O3. The average Bonchev–Trinajstić information content (AvgIpc) is 2.46. The Bertz CT molecular complexity index is 353. The molecule has 1 saturated carbocycles. The van der Waals surface area contributed by atoms with E-state index in [2.05, 4.69) is 5.32 Å². The highest BCUT2D eigenvalue weighted by Gasteiger charge is 2.30. The van der Waals surface area contributed by atoms with Crippen molar-refractivity contribution in [1.29, 1.82) is 0 Å². The smallest absolute Gasteiger partial charge is 0.410 e. The second-order valence-electron chi connectivity index (χ2n) is 7.65. The SMILES string of the molecule is CN(C(=O)OC(C)(C)C)C1CCC(NC2CCOCC2)CC1. The molecule has 1 aliphatic carbocycles. The highest BCUT2D eigenvalue weighted by molar-refractivity contribution is 5.68. The summed E-state index contributed by atoms with van der Waals surface area (Å²) in [6.45, 7) is 7.50. The first-order valence-corrected chi connectivity index (χ1v) is 8.65. The lowest BCUT2D eigenvalue weighted by atomic mass is 9.89. The molecule has 22 heavy (non-hydrogen) atoms. The molecule has 5 heteroatoms. The number of nitrogens with one attached hydrogen (secondary N) is 1. The van der Waals surface area contributed by atoms with E-state index in [1.165, 1.54) is 0 Å². The predicted octanol–water partition coefficient (Wildman–Crippen LogP) is 2.93. The van der Waals surface area contributed by atoms with Crippen LogP contribution in [0.1, 0.15) is 59.3 Å². The van der Waals surface area contributed by atoms with Crippen molar-refractivity contribution < 1.29 is 14.3 Å². The van der Waals surface area contributed by atoms with Gasteiger partial charge in [-0.3, -0.25) is 0 Å². The Morgan fingerprint density at radius 1 is 1.05 bits per heavy atom. The number of rotatable bonds is 3. The Labute approximate surface area is 134 Å². The summed E-state index contributed by atoms with van der Waals surface area (Å²) >= 11 is 0. The highest BCUT2D eigenvalue weighted by atomic mass is 16.6. The van der Waals surface area contributed by atoms with Gasteiger partial charge in [-0.25, -0.2) is 4.79 Å². The zero-order chi connectivity index (χ0) is 16.2. The van der Waals surface area contributed by atoms with Crippen LogP contribution in [-0.2, 0) is 9.47 Å². The van der Waals surface area contributed by atoms with Crippen LogP contribution in [0.2, 0.25) is 0 Å². The summed E-state index contributed by atoms with van der Waals surface area (Å²) in [4.78, 5) is 13.9. The van der Waals surface area contributed by atoms with Crippen molar-refractivity contribution in [2.24, 2.45) is 0 Å². The third kappa shape index (κ3) is 5.43. The van der Waals surface area contributed by atoms with Gasteiger partial charge in [-0.2, -0.15) is 0 Å². The van der Waals surface area contributed by atoms with E-state index in [9.17, 15) is 4.79 Å². The maximum Gasteiger partial charge on any atom is 0.410 e. The maximum atomic E-state index is 12.1. The van der Waals surface area contributed by atoms with Gasteiger partial charge in [0.05, 0.1) is 0 Å². The van der Waals surface area contributed by atoms with Crippen molar-refractivity contribution in [3.8, 4) is 0 Å². The lowest BCUT2D eigenvalue weighted by Crippen LogP contribution is -2.47. The van der Waals surface area contributed by atoms with E-state index in [1.54, 1.807) is 4.90 Å². The fourth-order valence-electron chi connectivity index (χ4n) is 3.31. The van der Waals surface area contributed by atoms with E-state index in [-0.39, 0.29) is 6.09 Å². The van der Waals surface area contributed by atoms with Crippen molar-refractivity contribution in [1.82, 2.24) is 10.2 Å². The molecule has 1 aliphatic heterocycles. The summed E-state index contributed by atoms with van der Waals surface area (Å²) in [5.41, 5.74) is -0.423. The molecule has 2 aliphatic rings. The number of amides is 1. The topological polar surface area (TPSA) is 50.8 Å². The monoisotopic (exact) mass is 312 g/mol. The molecule has 0 unspecified atom stereocenters. The predicted molar refractivity (Wildman–Crippen MR) is 87.0 cm³/mol. The van der Waals surface area contributed by atoms with Crippen LogP contribution in [0.3, 0.4) is 0 Å². The first-order valence-electron chi connectivity index (χ1n) is 8.65. The van der Waals surface area contributed by atoms with Crippen LogP contribution in [0.15, 0.2) is 0 Å². The summed E-state index contributed by atoms with van der Waals surface area (Å²) < 4.78 is 10.9. The van der Waals surface area contributed by atoms with Crippen LogP contribution in [0.25, 0.3) is 0 Å². The molecule has 1 heterocycles. The quantitative estimate of drug-likeness (QED) is 0.870. The fourth-order valence-corrected chi connectivity index (χ4v) is 3.31. The summed E-state index contributed by atoms with van der Waals surface area (Å²) in [6.07, 6.45) is 6.42. The Kier molecular flexibility index (Phi) is 6.09. The van der Waals surface area contributed by atoms with Gasteiger partial charge < -0.3 is 19.7 Å². The number of carbonyl (C=O) groups excluding carboxylic acids is 1. The standard InChI is InChI=1S/C17H32N2O3/c1-17(2,3)22-16(20)19(4)15-7-5-13(6-8-15)18-14-9-11-21-12-10-14/h13-15,18H,5-12H2,1-4H3. The van der Waals surface area contributed by atoms with Gasteiger partial charge in [-0.15, -0.1) is 0 Å². The van der Waals surface area contributed by atoms with Crippen LogP contribution in [-0.4, -0.2) is 55.0 Å². The Morgan fingerprint density at radius 3 is 2.14 bits per heavy atom. The Hall–Kier alpha value is -0.810. The third-order valence-electron chi connectivity index (χ3n) is 4.62. The molecule has 1 saturated heterocycles. The van der Waals surface area contributed by atoms with Crippen LogP contribution in [0, 0.1) is 0 Å². The molecule has 0 atom stereocenters. The van der Waals surface area contributed by atoms with Crippen molar-refractivity contribution in [2.75, 3.05) is 20.3 Å². The highest BCUT2D eigenvalue weighted by Crippen LogP contribution is 2.25. The maximum absolute atomic E-state index is 12.1. The lowest BCUT2D eigenvalue weighted by Gasteiger charge is -2.37. The normalized spacial score (nSPS) is 27.5. The molecule has 1 N–H and O–H groups in total. The minimum absolute atomic E-state index is 0.201. The number of hydrogen-bond acceptors (Lipinski definition) is 4. The number of ether oxygens (including phenoxy) is 2. The second kappa shape index (κ2) is 7.64. The van der Waals surface area contributed by atoms with Crippen molar-refractivity contribution in [3.63, 3.8) is 0 Å². The minimum Gasteiger partial charge on any atom is -0.444 e. The van der Waals surface area contributed by atoms with Crippen molar-refractivity contribution in [3.05, 3.63) is 0 Å². The number of hydrogen-bond donors (Lipinski definition) is 1. The minimum atomic E-state index is -0.423. The molecule has 0 radical (unpaired) electrons. The molecule has 0 aromatic carbocycles. The van der Waals surface area contributed by atoms with Gasteiger partial charge in [0.25, 0.3) is 0 Å². The summed E-state index contributed by atoms with van der Waals surface area (Å²) in [5, 5.41) is 3.77. The molecule has 0 aromatic heterocycles. The Balaban J connectivity index is 1.72. The van der Waals surface area contributed by atoms with E-state index in [1.807, 2.05) is 27.8 Å². The third-order valence-corrected chi connectivity index (χ3v) is 4.62. The van der Waals surface area contributed by atoms with E-state index >= 15 is 0 Å². The molecule has 0 spiro atoms. The molecule has 128 valence electrons. The van der Waals surface area contributed by atoms with E-state index in [4.69, 9.17) is 9.47 Å². The number of carbonyl (C=O) groups is 1. The van der Waals surface area contributed by atoms with Crippen LogP contribution in [0.4, 0.5) is 4.79 Å². The first-order chi connectivity index (χ1) is 10.3. The summed E-state index contributed by atoms with van der Waals surface area (Å²) in [5.74, 6) is 0. The van der Waals surface area contributed by atoms with Crippen molar-refractivity contribution in [2.45, 2.75) is 83.0 Å². The molecule has 2 rings (SSSR count). The fraction of sp³-hybridized carbons (Fsp3) is 0.941. The van der Waals surface area contributed by atoms with Crippen LogP contribution in [0.5, 0.6) is 0 Å². The van der Waals surface area contributed by atoms with Gasteiger partial charge in [-0.05, 0) is 59.3 Å². The first kappa shape index (κ1) is 17.5. The van der Waals surface area contributed by atoms with Gasteiger partial charge in [0.15, 0.2) is 0 Å². The number of nitrogens with zero attached hydrogens (tertiary/aromatic N) is 1. The molecule has 1 amide bonds. The van der Waals surface area contributed by atoms with Gasteiger partial charge in [0.2, 0.25) is 0 Å². The zero-order valence-electron chi connectivity index (χ0n) is 14.6. The van der Waals surface area contributed by atoms with Gasteiger partial charge in [-0.1, -0.05) is 0 Å². The van der Waals surface area contributed by atoms with Crippen molar-refractivity contribution >= 4 is 6.09 Å². The van der Waals surface area contributed by atoms with Gasteiger partial charge in [0.1, 0.15) is 5.60 Å². The Morgan fingerprint density at radius 2 is 1.59 bits per heavy atom. The summed E-state index contributed by atoms with van der Waals surface area (Å²) in [6, 6.07) is 1.51.